The maximum absolute atomic E-state index is 12.5. The van der Waals surface area contributed by atoms with Crippen LogP contribution in [0.1, 0.15) is 48.1 Å². The van der Waals surface area contributed by atoms with E-state index in [4.69, 9.17) is 9.47 Å². The zero-order chi connectivity index (χ0) is 17.5. The molecular formula is C21H25NO3. The topological polar surface area (TPSA) is 47.6 Å². The molecule has 3 rings (SSSR count). The quantitative estimate of drug-likeness (QED) is 0.825. The molecule has 0 bridgehead atoms. The van der Waals surface area contributed by atoms with E-state index in [-0.39, 0.29) is 18.1 Å². The Bertz CT molecular complexity index is 663. The summed E-state index contributed by atoms with van der Waals surface area (Å²) in [5.41, 5.74) is 1.76. The van der Waals surface area contributed by atoms with E-state index >= 15 is 0 Å². The third-order valence-electron chi connectivity index (χ3n) is 4.49. The Hall–Kier alpha value is -2.33. The fourth-order valence-corrected chi connectivity index (χ4v) is 3.02. The largest absolute Gasteiger partial charge is 0.491 e. The van der Waals surface area contributed by atoms with Gasteiger partial charge in [-0.1, -0.05) is 37.3 Å². The van der Waals surface area contributed by atoms with Crippen LogP contribution in [-0.2, 0) is 4.74 Å². The highest BCUT2D eigenvalue weighted by Crippen LogP contribution is 2.19. The highest BCUT2D eigenvalue weighted by molar-refractivity contribution is 5.94. The minimum atomic E-state index is -0.0682. The van der Waals surface area contributed by atoms with Crippen molar-refractivity contribution in [3.05, 3.63) is 65.7 Å². The molecule has 0 radical (unpaired) electrons. The molecule has 0 aliphatic carbocycles. The second-order valence-electron chi connectivity index (χ2n) is 6.32. The van der Waals surface area contributed by atoms with Crippen LogP contribution in [-0.4, -0.2) is 25.2 Å². The van der Waals surface area contributed by atoms with Gasteiger partial charge in [0.05, 0.1) is 12.1 Å². The molecule has 1 aliphatic rings. The fourth-order valence-electron chi connectivity index (χ4n) is 3.02. The number of nitrogens with one attached hydrogen (secondary N) is 1. The first-order chi connectivity index (χ1) is 12.3. The van der Waals surface area contributed by atoms with Crippen molar-refractivity contribution in [2.45, 2.75) is 38.3 Å². The van der Waals surface area contributed by atoms with E-state index in [1.807, 2.05) is 42.5 Å². The predicted molar refractivity (Wildman–Crippen MR) is 97.9 cm³/mol. The van der Waals surface area contributed by atoms with E-state index in [1.165, 1.54) is 0 Å². The lowest BCUT2D eigenvalue weighted by molar-refractivity contribution is 0.0679. The van der Waals surface area contributed by atoms with Gasteiger partial charge >= 0.3 is 0 Å². The minimum Gasteiger partial charge on any atom is -0.491 e. The molecule has 4 heteroatoms. The summed E-state index contributed by atoms with van der Waals surface area (Å²) in [7, 11) is 0. The average Bonchev–Trinajstić information content (AvgIpc) is 3.19. The Balaban J connectivity index is 1.56. The number of rotatable bonds is 7. The van der Waals surface area contributed by atoms with Crippen LogP contribution in [0.2, 0.25) is 0 Å². The first-order valence-corrected chi connectivity index (χ1v) is 8.96. The van der Waals surface area contributed by atoms with Gasteiger partial charge in [0.15, 0.2) is 0 Å². The van der Waals surface area contributed by atoms with Crippen molar-refractivity contribution >= 4 is 5.91 Å². The highest BCUT2D eigenvalue weighted by Gasteiger charge is 2.16. The maximum atomic E-state index is 12.5. The van der Waals surface area contributed by atoms with Gasteiger partial charge in [0.1, 0.15) is 12.4 Å². The smallest absolute Gasteiger partial charge is 0.251 e. The van der Waals surface area contributed by atoms with Crippen molar-refractivity contribution in [3.63, 3.8) is 0 Å². The van der Waals surface area contributed by atoms with Crippen LogP contribution in [0.25, 0.3) is 0 Å². The van der Waals surface area contributed by atoms with Crippen molar-refractivity contribution in [1.29, 1.82) is 0 Å². The number of carbonyl (C=O) groups is 1. The Kier molecular flexibility index (Phi) is 6.07. The monoisotopic (exact) mass is 339 g/mol. The molecule has 0 unspecified atom stereocenters. The standard InChI is InChI=1S/C21H25NO3/c1-2-20(16-7-4-3-5-8-16)22-21(23)17-10-12-18(13-11-17)25-15-19-9-6-14-24-19/h3-5,7-8,10-13,19-20H,2,6,9,14-15H2,1H3,(H,22,23)/t19-,20-/m0/s1. The van der Waals surface area contributed by atoms with Gasteiger partial charge in [0.2, 0.25) is 0 Å². The molecule has 1 N–H and O–H groups in total. The zero-order valence-electron chi connectivity index (χ0n) is 14.6. The molecule has 1 aliphatic heterocycles. The normalized spacial score (nSPS) is 17.9. The van der Waals surface area contributed by atoms with Gasteiger partial charge in [-0.2, -0.15) is 0 Å². The molecule has 2 aromatic carbocycles. The number of hydrogen-bond acceptors (Lipinski definition) is 3. The lowest BCUT2D eigenvalue weighted by atomic mass is 10.0. The molecule has 1 fully saturated rings. The van der Waals surface area contributed by atoms with Crippen LogP contribution in [0.5, 0.6) is 5.75 Å². The van der Waals surface area contributed by atoms with E-state index < -0.39 is 0 Å². The average molecular weight is 339 g/mol. The number of hydrogen-bond donors (Lipinski definition) is 1. The number of benzene rings is 2. The van der Waals surface area contributed by atoms with E-state index in [9.17, 15) is 4.79 Å². The number of amides is 1. The predicted octanol–water partition coefficient (Wildman–Crippen LogP) is 4.13. The van der Waals surface area contributed by atoms with Gasteiger partial charge in [0.25, 0.3) is 5.91 Å². The van der Waals surface area contributed by atoms with E-state index in [0.29, 0.717) is 12.2 Å². The molecule has 0 aromatic heterocycles. The fraction of sp³-hybridized carbons (Fsp3) is 0.381. The maximum Gasteiger partial charge on any atom is 0.251 e. The van der Waals surface area contributed by atoms with Gasteiger partial charge in [-0.3, -0.25) is 4.79 Å². The lowest BCUT2D eigenvalue weighted by Gasteiger charge is -2.17. The summed E-state index contributed by atoms with van der Waals surface area (Å²) in [6.07, 6.45) is 3.20. The van der Waals surface area contributed by atoms with Crippen LogP contribution >= 0.6 is 0 Å². The third kappa shape index (κ3) is 4.83. The second kappa shape index (κ2) is 8.67. The van der Waals surface area contributed by atoms with E-state index in [0.717, 1.165) is 37.2 Å². The molecule has 1 amide bonds. The van der Waals surface area contributed by atoms with Crippen LogP contribution in [0.3, 0.4) is 0 Å². The van der Waals surface area contributed by atoms with Crippen molar-refractivity contribution < 1.29 is 14.3 Å². The summed E-state index contributed by atoms with van der Waals surface area (Å²) >= 11 is 0. The molecule has 132 valence electrons. The Morgan fingerprint density at radius 2 is 1.96 bits per heavy atom. The molecule has 4 nitrogen and oxygen atoms in total. The lowest BCUT2D eigenvalue weighted by Crippen LogP contribution is -2.28. The summed E-state index contributed by atoms with van der Waals surface area (Å²) in [6.45, 7) is 3.46. The van der Waals surface area contributed by atoms with Gasteiger partial charge in [-0.25, -0.2) is 0 Å². The number of ether oxygens (including phenoxy) is 2. The first-order valence-electron chi connectivity index (χ1n) is 8.96. The molecule has 2 atom stereocenters. The van der Waals surface area contributed by atoms with Gasteiger partial charge in [-0.15, -0.1) is 0 Å². The van der Waals surface area contributed by atoms with Crippen molar-refractivity contribution in [3.8, 4) is 5.75 Å². The summed E-state index contributed by atoms with van der Waals surface area (Å²) in [4.78, 5) is 12.5. The molecular weight excluding hydrogens is 314 g/mol. The van der Waals surface area contributed by atoms with Crippen LogP contribution in [0.4, 0.5) is 0 Å². The molecule has 25 heavy (non-hydrogen) atoms. The minimum absolute atomic E-state index is 0.0177. The first kappa shape index (κ1) is 17.5. The summed E-state index contributed by atoms with van der Waals surface area (Å²) in [5, 5.41) is 3.10. The molecule has 1 saturated heterocycles. The Labute approximate surface area is 149 Å². The van der Waals surface area contributed by atoms with Crippen LogP contribution in [0, 0.1) is 0 Å². The highest BCUT2D eigenvalue weighted by atomic mass is 16.5. The van der Waals surface area contributed by atoms with Crippen LogP contribution in [0.15, 0.2) is 54.6 Å². The van der Waals surface area contributed by atoms with Gasteiger partial charge in [-0.05, 0) is 49.1 Å². The molecule has 2 aromatic rings. The van der Waals surface area contributed by atoms with Crippen molar-refractivity contribution in [2.75, 3.05) is 13.2 Å². The summed E-state index contributed by atoms with van der Waals surface area (Å²) < 4.78 is 11.3. The second-order valence-corrected chi connectivity index (χ2v) is 6.32. The molecule has 0 saturated carbocycles. The Morgan fingerprint density at radius 3 is 2.60 bits per heavy atom. The zero-order valence-corrected chi connectivity index (χ0v) is 14.6. The van der Waals surface area contributed by atoms with Crippen molar-refractivity contribution in [2.24, 2.45) is 0 Å². The Morgan fingerprint density at radius 1 is 1.20 bits per heavy atom. The third-order valence-corrected chi connectivity index (χ3v) is 4.49. The van der Waals surface area contributed by atoms with E-state index in [1.54, 1.807) is 12.1 Å². The molecule has 0 spiro atoms. The number of carbonyl (C=O) groups excluding carboxylic acids is 1. The SMILES string of the molecule is CC[C@H](NC(=O)c1ccc(OC[C@@H]2CCCO2)cc1)c1ccccc1. The van der Waals surface area contributed by atoms with Crippen LogP contribution < -0.4 is 10.1 Å². The van der Waals surface area contributed by atoms with E-state index in [2.05, 4.69) is 12.2 Å². The van der Waals surface area contributed by atoms with Crippen molar-refractivity contribution in [1.82, 2.24) is 5.32 Å². The van der Waals surface area contributed by atoms with Gasteiger partial charge in [0, 0.05) is 12.2 Å². The summed E-state index contributed by atoms with van der Waals surface area (Å²) in [6, 6.07) is 17.3. The molecule has 1 heterocycles. The summed E-state index contributed by atoms with van der Waals surface area (Å²) in [5.74, 6) is 0.698. The van der Waals surface area contributed by atoms with Gasteiger partial charge < -0.3 is 14.8 Å².